The van der Waals surface area contributed by atoms with Crippen molar-refractivity contribution in [3.05, 3.63) is 41.5 Å². The number of nitrogens with one attached hydrogen (secondary N) is 2. The van der Waals surface area contributed by atoms with Crippen molar-refractivity contribution >= 4 is 17.9 Å². The Bertz CT molecular complexity index is 507. The molecule has 5 nitrogen and oxygen atoms in total. The maximum absolute atomic E-state index is 11.6. The molecule has 5 heteroatoms. The number of hydrogen-bond donors (Lipinski definition) is 3. The molecule has 0 aliphatic carbocycles. The Balaban J connectivity index is 2.52. The van der Waals surface area contributed by atoms with Crippen LogP contribution in [0.3, 0.4) is 0 Å². The van der Waals surface area contributed by atoms with Gasteiger partial charge < -0.3 is 15.7 Å². The maximum atomic E-state index is 11.6. The Kier molecular flexibility index (Phi) is 6.62. The molecule has 0 aromatic heterocycles. The molecule has 1 rings (SSSR count). The van der Waals surface area contributed by atoms with Crippen LogP contribution in [0.15, 0.2) is 30.3 Å². The van der Waals surface area contributed by atoms with Gasteiger partial charge in [0.1, 0.15) is 0 Å². The Morgan fingerprint density at radius 1 is 1.24 bits per heavy atom. The van der Waals surface area contributed by atoms with Crippen LogP contribution in [0.1, 0.15) is 29.8 Å². The molecule has 0 aliphatic rings. The van der Waals surface area contributed by atoms with E-state index in [1.807, 2.05) is 13.8 Å². The van der Waals surface area contributed by atoms with Gasteiger partial charge in [-0.05, 0) is 29.7 Å². The lowest BCUT2D eigenvalue weighted by Crippen LogP contribution is -2.33. The van der Waals surface area contributed by atoms with Gasteiger partial charge in [0.15, 0.2) is 0 Å². The van der Waals surface area contributed by atoms with E-state index in [0.29, 0.717) is 5.56 Å². The lowest BCUT2D eigenvalue weighted by Gasteiger charge is -2.13. The smallest absolute Gasteiger partial charge is 0.251 e. The first-order valence-electron chi connectivity index (χ1n) is 6.90. The molecule has 0 spiro atoms. The third-order valence-electron chi connectivity index (χ3n) is 3.08. The number of carbonyl (C=O) groups excluding carboxylic acids is 2. The summed E-state index contributed by atoms with van der Waals surface area (Å²) in [5.41, 5.74) is 1.39. The standard InChI is InChI=1S/C16H22N2O3/c1-11(2)14(19)10-18-15(20)9-6-12-4-7-13(8-5-12)16(21)17-3/h4-9,11,14,19H,10H2,1-3H3,(H,17,21)(H,18,20)/b9-6+. The fraction of sp³-hybridized carbons (Fsp3) is 0.375. The molecule has 114 valence electrons. The van der Waals surface area contributed by atoms with Gasteiger partial charge in [-0.25, -0.2) is 0 Å². The van der Waals surface area contributed by atoms with E-state index in [0.717, 1.165) is 5.56 Å². The van der Waals surface area contributed by atoms with Crippen molar-refractivity contribution < 1.29 is 14.7 Å². The number of aliphatic hydroxyl groups is 1. The van der Waals surface area contributed by atoms with E-state index in [9.17, 15) is 14.7 Å². The molecule has 2 amide bonds. The first kappa shape index (κ1) is 16.9. The zero-order valence-corrected chi connectivity index (χ0v) is 12.6. The van der Waals surface area contributed by atoms with E-state index >= 15 is 0 Å². The van der Waals surface area contributed by atoms with Crippen molar-refractivity contribution in [2.45, 2.75) is 20.0 Å². The number of benzene rings is 1. The second-order valence-corrected chi connectivity index (χ2v) is 5.09. The molecule has 0 radical (unpaired) electrons. The van der Waals surface area contributed by atoms with Crippen molar-refractivity contribution in [1.82, 2.24) is 10.6 Å². The second-order valence-electron chi connectivity index (χ2n) is 5.09. The predicted molar refractivity (Wildman–Crippen MR) is 82.7 cm³/mol. The van der Waals surface area contributed by atoms with E-state index in [-0.39, 0.29) is 24.3 Å². The van der Waals surface area contributed by atoms with Crippen molar-refractivity contribution in [3.8, 4) is 0 Å². The lowest BCUT2D eigenvalue weighted by atomic mass is 10.1. The maximum Gasteiger partial charge on any atom is 0.251 e. The molecule has 0 saturated heterocycles. The summed E-state index contributed by atoms with van der Waals surface area (Å²) in [6.07, 6.45) is 2.52. The summed E-state index contributed by atoms with van der Waals surface area (Å²) in [7, 11) is 1.58. The molecule has 0 saturated carbocycles. The van der Waals surface area contributed by atoms with Crippen LogP contribution in [0.25, 0.3) is 6.08 Å². The summed E-state index contributed by atoms with van der Waals surface area (Å²) >= 11 is 0. The minimum absolute atomic E-state index is 0.103. The zero-order valence-electron chi connectivity index (χ0n) is 12.6. The highest BCUT2D eigenvalue weighted by molar-refractivity contribution is 5.94. The van der Waals surface area contributed by atoms with E-state index in [2.05, 4.69) is 10.6 Å². The van der Waals surface area contributed by atoms with Crippen LogP contribution in [0.5, 0.6) is 0 Å². The van der Waals surface area contributed by atoms with Crippen molar-refractivity contribution in [1.29, 1.82) is 0 Å². The number of aliphatic hydroxyl groups excluding tert-OH is 1. The quantitative estimate of drug-likeness (QED) is 0.689. The van der Waals surface area contributed by atoms with Gasteiger partial charge >= 0.3 is 0 Å². The van der Waals surface area contributed by atoms with Crippen molar-refractivity contribution in [2.75, 3.05) is 13.6 Å². The predicted octanol–water partition coefficient (Wildman–Crippen LogP) is 1.19. The summed E-state index contributed by atoms with van der Waals surface area (Å²) in [4.78, 5) is 23.0. The number of rotatable bonds is 6. The van der Waals surface area contributed by atoms with Crippen LogP contribution in [-0.2, 0) is 4.79 Å². The molecule has 3 N–H and O–H groups in total. The van der Waals surface area contributed by atoms with Crippen molar-refractivity contribution in [3.63, 3.8) is 0 Å². The minimum atomic E-state index is -0.547. The normalized spacial score (nSPS) is 12.4. The SMILES string of the molecule is CNC(=O)c1ccc(/C=C/C(=O)NCC(O)C(C)C)cc1. The van der Waals surface area contributed by atoms with Gasteiger partial charge in [-0.2, -0.15) is 0 Å². The lowest BCUT2D eigenvalue weighted by molar-refractivity contribution is -0.117. The molecule has 1 atom stereocenters. The van der Waals surface area contributed by atoms with Gasteiger partial charge in [-0.15, -0.1) is 0 Å². The van der Waals surface area contributed by atoms with Gasteiger partial charge in [-0.3, -0.25) is 9.59 Å². The summed E-state index contributed by atoms with van der Waals surface area (Å²) in [5, 5.41) is 14.8. The number of hydrogen-bond acceptors (Lipinski definition) is 3. The highest BCUT2D eigenvalue weighted by Crippen LogP contribution is 2.06. The first-order chi connectivity index (χ1) is 9.93. The molecule has 1 unspecified atom stereocenters. The van der Waals surface area contributed by atoms with Crippen molar-refractivity contribution in [2.24, 2.45) is 5.92 Å². The molecular weight excluding hydrogens is 268 g/mol. The minimum Gasteiger partial charge on any atom is -0.391 e. The van der Waals surface area contributed by atoms with E-state index in [4.69, 9.17) is 0 Å². The molecule has 21 heavy (non-hydrogen) atoms. The van der Waals surface area contributed by atoms with E-state index in [1.54, 1.807) is 37.4 Å². The number of carbonyl (C=O) groups is 2. The monoisotopic (exact) mass is 290 g/mol. The molecule has 0 aliphatic heterocycles. The molecule has 0 bridgehead atoms. The van der Waals surface area contributed by atoms with Gasteiger partial charge in [0.2, 0.25) is 5.91 Å². The molecule has 1 aromatic rings. The fourth-order valence-corrected chi connectivity index (χ4v) is 1.56. The Hall–Kier alpha value is -2.14. The van der Waals surface area contributed by atoms with Crippen LogP contribution in [0.4, 0.5) is 0 Å². The largest absolute Gasteiger partial charge is 0.391 e. The van der Waals surface area contributed by atoms with Crippen LogP contribution in [0, 0.1) is 5.92 Å². The Morgan fingerprint density at radius 3 is 2.38 bits per heavy atom. The second kappa shape index (κ2) is 8.21. The highest BCUT2D eigenvalue weighted by Gasteiger charge is 2.09. The number of amides is 2. The zero-order chi connectivity index (χ0) is 15.8. The van der Waals surface area contributed by atoms with E-state index < -0.39 is 6.10 Å². The van der Waals surface area contributed by atoms with Gasteiger partial charge in [0.25, 0.3) is 5.91 Å². The van der Waals surface area contributed by atoms with Gasteiger partial charge in [-0.1, -0.05) is 26.0 Å². The Labute approximate surface area is 125 Å². The summed E-state index contributed by atoms with van der Waals surface area (Å²) in [6, 6.07) is 6.91. The highest BCUT2D eigenvalue weighted by atomic mass is 16.3. The first-order valence-corrected chi connectivity index (χ1v) is 6.90. The van der Waals surface area contributed by atoms with Crippen LogP contribution >= 0.6 is 0 Å². The average Bonchev–Trinajstić information content (AvgIpc) is 2.50. The summed E-state index contributed by atoms with van der Waals surface area (Å²) in [6.45, 7) is 4.01. The molecule has 1 aromatic carbocycles. The third kappa shape index (κ3) is 5.79. The fourth-order valence-electron chi connectivity index (χ4n) is 1.56. The van der Waals surface area contributed by atoms with Crippen LogP contribution < -0.4 is 10.6 Å². The van der Waals surface area contributed by atoms with E-state index in [1.165, 1.54) is 6.08 Å². The molecule has 0 heterocycles. The third-order valence-corrected chi connectivity index (χ3v) is 3.08. The summed E-state index contributed by atoms with van der Waals surface area (Å²) < 4.78 is 0. The van der Waals surface area contributed by atoms with Crippen LogP contribution in [0.2, 0.25) is 0 Å². The molecule has 0 fully saturated rings. The molecular formula is C16H22N2O3. The van der Waals surface area contributed by atoms with Gasteiger partial charge in [0, 0.05) is 25.2 Å². The van der Waals surface area contributed by atoms with Gasteiger partial charge in [0.05, 0.1) is 6.10 Å². The topological polar surface area (TPSA) is 78.4 Å². The average molecular weight is 290 g/mol. The van der Waals surface area contributed by atoms with Crippen LogP contribution in [-0.4, -0.2) is 36.6 Å². The Morgan fingerprint density at radius 2 is 1.86 bits per heavy atom. The summed E-state index contributed by atoms with van der Waals surface area (Å²) in [5.74, 6) is -0.303.